The molecule has 0 aromatic rings. The molecule has 1 aliphatic heterocycles. The van der Waals surface area contributed by atoms with E-state index in [0.29, 0.717) is 0 Å². The van der Waals surface area contributed by atoms with Crippen molar-refractivity contribution < 1.29 is 18.0 Å². The fourth-order valence-corrected chi connectivity index (χ4v) is 1.83. The number of rotatable bonds is 3. The van der Waals surface area contributed by atoms with Crippen LogP contribution in [0.3, 0.4) is 0 Å². The zero-order chi connectivity index (χ0) is 11.7. The number of hydrogen-bond acceptors (Lipinski definition) is 2. The minimum Gasteiger partial charge on any atom is -0.339 e. The molecule has 1 amide bonds. The highest BCUT2D eigenvalue weighted by molar-refractivity contribution is 5.78. The molecule has 0 spiro atoms. The van der Waals surface area contributed by atoms with Crippen LogP contribution in [0.25, 0.3) is 0 Å². The Morgan fingerprint density at radius 2 is 2.00 bits per heavy atom. The summed E-state index contributed by atoms with van der Waals surface area (Å²) in [4.78, 5) is 12.3. The first-order valence-corrected chi connectivity index (χ1v) is 4.89. The molecule has 0 aromatic carbocycles. The molecule has 0 atom stereocenters. The van der Waals surface area contributed by atoms with Crippen LogP contribution in [-0.2, 0) is 4.79 Å². The number of nitrogens with zero attached hydrogens (tertiary/aromatic N) is 1. The van der Waals surface area contributed by atoms with Crippen molar-refractivity contribution in [3.05, 3.63) is 0 Å². The van der Waals surface area contributed by atoms with Crippen molar-refractivity contribution in [2.75, 3.05) is 13.1 Å². The number of alkyl halides is 3. The SMILES string of the molecule is CCCC1(N)CN(C(=O)CC(F)(F)F)C1. The Kier molecular flexibility index (Phi) is 3.28. The summed E-state index contributed by atoms with van der Waals surface area (Å²) in [6.07, 6.45) is -4.19. The van der Waals surface area contributed by atoms with E-state index in [1.807, 2.05) is 6.92 Å². The lowest BCUT2D eigenvalue weighted by Gasteiger charge is -2.48. The lowest BCUT2D eigenvalue weighted by atomic mass is 9.86. The van der Waals surface area contributed by atoms with Crippen LogP contribution in [0.5, 0.6) is 0 Å². The van der Waals surface area contributed by atoms with Crippen molar-refractivity contribution in [2.24, 2.45) is 5.73 Å². The van der Waals surface area contributed by atoms with E-state index in [9.17, 15) is 18.0 Å². The fourth-order valence-electron chi connectivity index (χ4n) is 1.83. The molecule has 0 unspecified atom stereocenters. The summed E-state index contributed by atoms with van der Waals surface area (Å²) in [6.45, 7) is 2.44. The van der Waals surface area contributed by atoms with E-state index in [0.717, 1.165) is 12.8 Å². The Morgan fingerprint density at radius 1 is 1.47 bits per heavy atom. The van der Waals surface area contributed by atoms with Crippen LogP contribution in [0.2, 0.25) is 0 Å². The molecule has 1 fully saturated rings. The second-order valence-electron chi connectivity index (χ2n) is 4.15. The van der Waals surface area contributed by atoms with Gasteiger partial charge in [-0.25, -0.2) is 0 Å². The summed E-state index contributed by atoms with van der Waals surface area (Å²) in [7, 11) is 0. The predicted octanol–water partition coefficient (Wildman–Crippen LogP) is 1.28. The molecular weight excluding hydrogens is 209 g/mol. The van der Waals surface area contributed by atoms with Gasteiger partial charge >= 0.3 is 6.18 Å². The average molecular weight is 224 g/mol. The van der Waals surface area contributed by atoms with Crippen molar-refractivity contribution in [1.82, 2.24) is 4.90 Å². The minimum absolute atomic E-state index is 0.246. The lowest BCUT2D eigenvalue weighted by molar-refractivity contribution is -0.166. The molecule has 88 valence electrons. The maximum atomic E-state index is 11.9. The molecule has 3 nitrogen and oxygen atoms in total. The molecule has 0 radical (unpaired) electrons. The molecule has 0 aliphatic carbocycles. The number of halogens is 3. The summed E-state index contributed by atoms with van der Waals surface area (Å²) >= 11 is 0. The summed E-state index contributed by atoms with van der Waals surface area (Å²) < 4.78 is 35.7. The molecule has 0 saturated carbocycles. The number of likely N-dealkylation sites (tertiary alicyclic amines) is 1. The summed E-state index contributed by atoms with van der Waals surface area (Å²) in [5.74, 6) is -0.875. The minimum atomic E-state index is -4.42. The first-order chi connectivity index (χ1) is 6.76. The number of hydrogen-bond donors (Lipinski definition) is 1. The highest BCUT2D eigenvalue weighted by Gasteiger charge is 2.43. The molecule has 15 heavy (non-hydrogen) atoms. The molecule has 2 N–H and O–H groups in total. The van der Waals surface area contributed by atoms with Gasteiger partial charge in [-0.05, 0) is 6.42 Å². The first-order valence-electron chi connectivity index (χ1n) is 4.89. The van der Waals surface area contributed by atoms with Gasteiger partial charge in [0, 0.05) is 13.1 Å². The number of carbonyl (C=O) groups excluding carboxylic acids is 1. The predicted molar refractivity (Wildman–Crippen MR) is 49.1 cm³/mol. The Hall–Kier alpha value is -0.780. The highest BCUT2D eigenvalue weighted by Crippen LogP contribution is 2.27. The van der Waals surface area contributed by atoms with E-state index in [4.69, 9.17) is 5.73 Å². The van der Waals surface area contributed by atoms with Crippen molar-refractivity contribution >= 4 is 5.91 Å². The Balaban J connectivity index is 2.35. The van der Waals surface area contributed by atoms with Crippen molar-refractivity contribution in [3.8, 4) is 0 Å². The van der Waals surface area contributed by atoms with Crippen LogP contribution >= 0.6 is 0 Å². The van der Waals surface area contributed by atoms with E-state index >= 15 is 0 Å². The molecule has 0 aromatic heterocycles. The molecule has 1 rings (SSSR count). The van der Waals surface area contributed by atoms with Crippen molar-refractivity contribution in [3.63, 3.8) is 0 Å². The van der Waals surface area contributed by atoms with Crippen LogP contribution in [-0.4, -0.2) is 35.6 Å². The van der Waals surface area contributed by atoms with Crippen LogP contribution in [0.15, 0.2) is 0 Å². The largest absolute Gasteiger partial charge is 0.397 e. The molecule has 0 bridgehead atoms. The second-order valence-corrected chi connectivity index (χ2v) is 4.15. The molecule has 1 saturated heterocycles. The van der Waals surface area contributed by atoms with Crippen molar-refractivity contribution in [1.29, 1.82) is 0 Å². The zero-order valence-electron chi connectivity index (χ0n) is 8.60. The monoisotopic (exact) mass is 224 g/mol. The van der Waals surface area contributed by atoms with E-state index < -0.39 is 24.0 Å². The first kappa shape index (κ1) is 12.3. The van der Waals surface area contributed by atoms with Gasteiger partial charge in [-0.1, -0.05) is 13.3 Å². The number of nitrogens with two attached hydrogens (primary N) is 1. The van der Waals surface area contributed by atoms with Gasteiger partial charge in [0.15, 0.2) is 0 Å². The fraction of sp³-hybridized carbons (Fsp3) is 0.889. The maximum Gasteiger partial charge on any atom is 0.397 e. The van der Waals surface area contributed by atoms with E-state index in [1.54, 1.807) is 0 Å². The van der Waals surface area contributed by atoms with Crippen LogP contribution in [0.1, 0.15) is 26.2 Å². The number of carbonyl (C=O) groups is 1. The van der Waals surface area contributed by atoms with Crippen LogP contribution < -0.4 is 5.73 Å². The molecule has 1 heterocycles. The quantitative estimate of drug-likeness (QED) is 0.784. The topological polar surface area (TPSA) is 46.3 Å². The Labute approximate surface area is 86.4 Å². The van der Waals surface area contributed by atoms with Gasteiger partial charge in [-0.2, -0.15) is 13.2 Å². The third-order valence-electron chi connectivity index (χ3n) is 2.46. The third kappa shape index (κ3) is 3.37. The molecular formula is C9H15F3N2O. The van der Waals surface area contributed by atoms with Crippen molar-refractivity contribution in [2.45, 2.75) is 37.9 Å². The highest BCUT2D eigenvalue weighted by atomic mass is 19.4. The molecule has 6 heteroatoms. The standard InChI is InChI=1S/C9H15F3N2O/c1-2-3-8(13)5-14(6-8)7(15)4-9(10,11)12/h2-6,13H2,1H3. The summed E-state index contributed by atoms with van der Waals surface area (Å²) in [6, 6.07) is 0. The Bertz CT molecular complexity index is 246. The summed E-state index contributed by atoms with van der Waals surface area (Å²) in [5.41, 5.74) is 5.37. The van der Waals surface area contributed by atoms with Gasteiger partial charge in [0.25, 0.3) is 0 Å². The van der Waals surface area contributed by atoms with E-state index in [1.165, 1.54) is 4.90 Å². The van der Waals surface area contributed by atoms with Gasteiger partial charge in [0.1, 0.15) is 6.42 Å². The normalized spacial score (nSPS) is 19.9. The smallest absolute Gasteiger partial charge is 0.339 e. The third-order valence-corrected chi connectivity index (χ3v) is 2.46. The van der Waals surface area contributed by atoms with Gasteiger partial charge in [-0.15, -0.1) is 0 Å². The summed E-state index contributed by atoms with van der Waals surface area (Å²) in [5, 5.41) is 0. The van der Waals surface area contributed by atoms with E-state index in [-0.39, 0.29) is 13.1 Å². The average Bonchev–Trinajstić information content (AvgIpc) is 1.96. The lowest BCUT2D eigenvalue weighted by Crippen LogP contribution is -2.68. The van der Waals surface area contributed by atoms with Gasteiger partial charge in [0.2, 0.25) is 5.91 Å². The van der Waals surface area contributed by atoms with E-state index in [2.05, 4.69) is 0 Å². The van der Waals surface area contributed by atoms with Gasteiger partial charge < -0.3 is 10.6 Å². The number of amides is 1. The second kappa shape index (κ2) is 4.00. The molecule has 1 aliphatic rings. The Morgan fingerprint density at radius 3 is 2.40 bits per heavy atom. The maximum absolute atomic E-state index is 11.9. The van der Waals surface area contributed by atoms with Gasteiger partial charge in [0.05, 0.1) is 5.54 Å². The van der Waals surface area contributed by atoms with Crippen LogP contribution in [0.4, 0.5) is 13.2 Å². The van der Waals surface area contributed by atoms with Gasteiger partial charge in [-0.3, -0.25) is 4.79 Å². The zero-order valence-corrected chi connectivity index (χ0v) is 8.60. The van der Waals surface area contributed by atoms with Crippen LogP contribution in [0, 0.1) is 0 Å².